The minimum atomic E-state index is -0.241. The Morgan fingerprint density at radius 3 is 2.56 bits per heavy atom. The maximum atomic E-state index is 13.4. The lowest BCUT2D eigenvalue weighted by atomic mass is 10.0. The molecule has 2 aromatic heterocycles. The second-order valence-electron chi connectivity index (χ2n) is 7.41. The topological polar surface area (TPSA) is 44.8 Å². The van der Waals surface area contributed by atoms with E-state index < -0.39 is 0 Å². The highest BCUT2D eigenvalue weighted by Gasteiger charge is 2.35. The van der Waals surface area contributed by atoms with E-state index in [1.54, 1.807) is 24.5 Å². The molecule has 1 fully saturated rings. The number of hydrogen-bond acceptors (Lipinski definition) is 3. The van der Waals surface area contributed by atoms with Gasteiger partial charge in [-0.15, -0.1) is 0 Å². The number of hydrogen-bond donors (Lipinski definition) is 1. The van der Waals surface area contributed by atoms with Crippen molar-refractivity contribution in [2.75, 3.05) is 7.05 Å². The third-order valence-electron chi connectivity index (χ3n) is 5.84. The predicted molar refractivity (Wildman–Crippen MR) is 104 cm³/mol. The Bertz CT molecular complexity index is 991. The van der Waals surface area contributed by atoms with Crippen molar-refractivity contribution in [3.05, 3.63) is 66.5 Å². The van der Waals surface area contributed by atoms with Crippen molar-refractivity contribution in [2.24, 2.45) is 0 Å². The molecule has 136 valence electrons. The standard InChI is InChI=1S/C22H21FN4/c1-27-18-6-7-19(27)13-16(12-18)22-25-20(14-2-4-17(23)5-3-14)21(26-22)15-8-10-24-11-9-15/h2-5,8-12,18-19H,6-7,13H2,1H3,(H,25,26). The summed E-state index contributed by atoms with van der Waals surface area (Å²) in [7, 11) is 2.21. The van der Waals surface area contributed by atoms with E-state index in [1.165, 1.54) is 30.5 Å². The van der Waals surface area contributed by atoms with E-state index >= 15 is 0 Å². The lowest BCUT2D eigenvalue weighted by Crippen LogP contribution is -2.34. The molecule has 0 aliphatic carbocycles. The number of fused-ring (bicyclic) bond motifs is 2. The normalized spacial score (nSPS) is 22.1. The van der Waals surface area contributed by atoms with Gasteiger partial charge in [0.15, 0.2) is 0 Å². The van der Waals surface area contributed by atoms with E-state index in [-0.39, 0.29) is 5.82 Å². The molecule has 27 heavy (non-hydrogen) atoms. The van der Waals surface area contributed by atoms with E-state index in [1.807, 2.05) is 12.1 Å². The summed E-state index contributed by atoms with van der Waals surface area (Å²) in [5.74, 6) is 0.681. The van der Waals surface area contributed by atoms with Crippen molar-refractivity contribution in [1.82, 2.24) is 19.9 Å². The number of benzene rings is 1. The van der Waals surface area contributed by atoms with Crippen molar-refractivity contribution in [3.63, 3.8) is 0 Å². The number of imidazole rings is 1. The number of nitrogens with one attached hydrogen (secondary N) is 1. The van der Waals surface area contributed by atoms with Gasteiger partial charge in [0.2, 0.25) is 0 Å². The SMILES string of the molecule is CN1C2C=C(c3nc(-c4ccc(F)cc4)c(-c4ccncc4)[nH]3)CC1CC2. The number of aromatic nitrogens is 3. The van der Waals surface area contributed by atoms with Crippen LogP contribution in [0.2, 0.25) is 0 Å². The van der Waals surface area contributed by atoms with Gasteiger partial charge in [-0.25, -0.2) is 9.37 Å². The van der Waals surface area contributed by atoms with Crippen molar-refractivity contribution >= 4 is 5.57 Å². The highest BCUT2D eigenvalue weighted by Crippen LogP contribution is 2.39. The minimum Gasteiger partial charge on any atom is -0.338 e. The number of aromatic amines is 1. The minimum absolute atomic E-state index is 0.241. The molecule has 1 saturated heterocycles. The number of nitrogens with zero attached hydrogens (tertiary/aromatic N) is 3. The van der Waals surface area contributed by atoms with Gasteiger partial charge < -0.3 is 4.98 Å². The van der Waals surface area contributed by atoms with Crippen molar-refractivity contribution in [1.29, 1.82) is 0 Å². The summed E-state index contributed by atoms with van der Waals surface area (Å²) in [6.07, 6.45) is 9.38. The Hall–Kier alpha value is -2.79. The summed E-state index contributed by atoms with van der Waals surface area (Å²) >= 11 is 0. The zero-order chi connectivity index (χ0) is 18.4. The largest absolute Gasteiger partial charge is 0.338 e. The molecule has 2 bridgehead atoms. The molecule has 5 heteroatoms. The lowest BCUT2D eigenvalue weighted by Gasteiger charge is -2.29. The Morgan fingerprint density at radius 2 is 1.81 bits per heavy atom. The molecule has 2 aliphatic rings. The fourth-order valence-electron chi connectivity index (χ4n) is 4.29. The zero-order valence-corrected chi connectivity index (χ0v) is 15.2. The highest BCUT2D eigenvalue weighted by atomic mass is 19.1. The molecule has 1 aromatic carbocycles. The van der Waals surface area contributed by atoms with Crippen LogP contribution in [0.3, 0.4) is 0 Å². The van der Waals surface area contributed by atoms with Crippen molar-refractivity contribution in [2.45, 2.75) is 31.3 Å². The average Bonchev–Trinajstić information content (AvgIpc) is 3.20. The predicted octanol–water partition coefficient (Wildman–Crippen LogP) is 4.53. The molecular weight excluding hydrogens is 339 g/mol. The molecule has 2 unspecified atom stereocenters. The average molecular weight is 360 g/mol. The van der Waals surface area contributed by atoms with Crippen LogP contribution in [0.25, 0.3) is 28.1 Å². The van der Waals surface area contributed by atoms with E-state index in [4.69, 9.17) is 4.98 Å². The van der Waals surface area contributed by atoms with Crippen LogP contribution in [0, 0.1) is 5.82 Å². The number of halogens is 1. The van der Waals surface area contributed by atoms with Crippen LogP contribution < -0.4 is 0 Å². The van der Waals surface area contributed by atoms with Crippen LogP contribution in [-0.4, -0.2) is 39.0 Å². The highest BCUT2D eigenvalue weighted by molar-refractivity contribution is 5.81. The van der Waals surface area contributed by atoms with E-state index in [2.05, 4.69) is 28.0 Å². The van der Waals surface area contributed by atoms with Gasteiger partial charge in [-0.1, -0.05) is 6.08 Å². The first kappa shape index (κ1) is 16.4. The smallest absolute Gasteiger partial charge is 0.134 e. The molecular formula is C22H21FN4. The number of pyridine rings is 1. The number of rotatable bonds is 3. The van der Waals surface area contributed by atoms with E-state index in [0.29, 0.717) is 12.1 Å². The second kappa shape index (κ2) is 6.43. The Morgan fingerprint density at radius 1 is 1.04 bits per heavy atom. The summed E-state index contributed by atoms with van der Waals surface area (Å²) in [5, 5.41) is 0. The first-order valence-corrected chi connectivity index (χ1v) is 9.38. The lowest BCUT2D eigenvalue weighted by molar-refractivity contribution is 0.264. The summed E-state index contributed by atoms with van der Waals surface area (Å²) in [4.78, 5) is 15.1. The van der Waals surface area contributed by atoms with Gasteiger partial charge in [0.1, 0.15) is 11.6 Å². The monoisotopic (exact) mass is 360 g/mol. The number of H-pyrrole nitrogens is 1. The van der Waals surface area contributed by atoms with Crippen LogP contribution in [-0.2, 0) is 0 Å². The first-order valence-electron chi connectivity index (χ1n) is 9.38. The van der Waals surface area contributed by atoms with Gasteiger partial charge in [-0.3, -0.25) is 9.88 Å². The molecule has 1 N–H and O–H groups in total. The summed E-state index contributed by atoms with van der Waals surface area (Å²) in [6, 6.07) is 11.6. The van der Waals surface area contributed by atoms with Gasteiger partial charge in [0.05, 0.1) is 11.4 Å². The first-order chi connectivity index (χ1) is 13.2. The van der Waals surface area contributed by atoms with Crippen LogP contribution in [0.1, 0.15) is 25.1 Å². The maximum Gasteiger partial charge on any atom is 0.134 e. The molecule has 4 heterocycles. The van der Waals surface area contributed by atoms with Crippen molar-refractivity contribution < 1.29 is 4.39 Å². The molecule has 0 saturated carbocycles. The quantitative estimate of drug-likeness (QED) is 0.746. The molecule has 4 nitrogen and oxygen atoms in total. The molecule has 0 spiro atoms. The molecule has 2 aliphatic heterocycles. The van der Waals surface area contributed by atoms with Crippen LogP contribution in [0.15, 0.2) is 54.9 Å². The van der Waals surface area contributed by atoms with Gasteiger partial charge in [0, 0.05) is 35.6 Å². The van der Waals surface area contributed by atoms with Crippen LogP contribution >= 0.6 is 0 Å². The van der Waals surface area contributed by atoms with Gasteiger partial charge in [-0.05, 0) is 68.3 Å². The zero-order valence-electron chi connectivity index (χ0n) is 15.2. The fraction of sp³-hybridized carbons (Fsp3) is 0.273. The molecule has 5 rings (SSSR count). The second-order valence-corrected chi connectivity index (χ2v) is 7.41. The molecule has 2 atom stereocenters. The van der Waals surface area contributed by atoms with Crippen molar-refractivity contribution in [3.8, 4) is 22.5 Å². The molecule has 0 amide bonds. The van der Waals surface area contributed by atoms with Gasteiger partial charge in [0.25, 0.3) is 0 Å². The van der Waals surface area contributed by atoms with E-state index in [0.717, 1.165) is 34.8 Å². The Balaban J connectivity index is 1.62. The van der Waals surface area contributed by atoms with E-state index in [9.17, 15) is 4.39 Å². The summed E-state index contributed by atoms with van der Waals surface area (Å²) in [5.41, 5.74) is 5.01. The summed E-state index contributed by atoms with van der Waals surface area (Å²) in [6.45, 7) is 0. The maximum absolute atomic E-state index is 13.4. The van der Waals surface area contributed by atoms with Gasteiger partial charge >= 0.3 is 0 Å². The molecule has 3 aromatic rings. The third kappa shape index (κ3) is 2.88. The Labute approximate surface area is 157 Å². The summed E-state index contributed by atoms with van der Waals surface area (Å²) < 4.78 is 13.4. The van der Waals surface area contributed by atoms with Crippen LogP contribution in [0.5, 0.6) is 0 Å². The van der Waals surface area contributed by atoms with Crippen LogP contribution in [0.4, 0.5) is 4.39 Å². The fourth-order valence-corrected chi connectivity index (χ4v) is 4.29. The third-order valence-corrected chi connectivity index (χ3v) is 5.84. The Kier molecular flexibility index (Phi) is 3.90. The number of likely N-dealkylation sites (N-methyl/N-ethyl adjacent to an activating group) is 1. The van der Waals surface area contributed by atoms with Gasteiger partial charge in [-0.2, -0.15) is 0 Å². The molecule has 0 radical (unpaired) electrons.